The van der Waals surface area contributed by atoms with Gasteiger partial charge in [0, 0.05) is 5.54 Å². The standard InChI is InChI=1S/C11H17NO/c1-11(2,12-3)9-13-10-7-5-4-6-8-10/h4-8,12H,9H2,1-3H3. The fraction of sp³-hybridized carbons (Fsp3) is 0.455. The molecule has 1 rings (SSSR count). The van der Waals surface area contributed by atoms with Crippen LogP contribution in [-0.2, 0) is 0 Å². The molecule has 13 heavy (non-hydrogen) atoms. The Balaban J connectivity index is 2.44. The summed E-state index contributed by atoms with van der Waals surface area (Å²) in [6.45, 7) is 4.89. The Morgan fingerprint density at radius 3 is 2.38 bits per heavy atom. The van der Waals surface area contributed by atoms with Crippen LogP contribution in [0.3, 0.4) is 0 Å². The van der Waals surface area contributed by atoms with Gasteiger partial charge in [-0.1, -0.05) is 18.2 Å². The van der Waals surface area contributed by atoms with E-state index in [1.54, 1.807) is 0 Å². The van der Waals surface area contributed by atoms with Crippen LogP contribution in [-0.4, -0.2) is 19.2 Å². The van der Waals surface area contributed by atoms with E-state index in [0.29, 0.717) is 6.61 Å². The van der Waals surface area contributed by atoms with E-state index in [1.165, 1.54) is 0 Å². The van der Waals surface area contributed by atoms with Crippen LogP contribution in [0, 0.1) is 0 Å². The Kier molecular flexibility index (Phi) is 3.32. The molecule has 0 saturated carbocycles. The average Bonchev–Trinajstić information content (AvgIpc) is 2.17. The highest BCUT2D eigenvalue weighted by Crippen LogP contribution is 2.11. The molecule has 1 N–H and O–H groups in total. The second kappa shape index (κ2) is 4.28. The van der Waals surface area contributed by atoms with Crippen molar-refractivity contribution in [3.63, 3.8) is 0 Å². The number of hydrogen-bond acceptors (Lipinski definition) is 2. The van der Waals surface area contributed by atoms with Gasteiger partial charge in [-0.2, -0.15) is 0 Å². The molecule has 0 heterocycles. The maximum absolute atomic E-state index is 5.60. The van der Waals surface area contributed by atoms with Crippen molar-refractivity contribution in [3.05, 3.63) is 30.3 Å². The first-order valence-corrected chi connectivity index (χ1v) is 4.51. The first-order valence-electron chi connectivity index (χ1n) is 4.51. The van der Waals surface area contributed by atoms with E-state index in [-0.39, 0.29) is 5.54 Å². The zero-order valence-electron chi connectivity index (χ0n) is 8.50. The van der Waals surface area contributed by atoms with Crippen LogP contribution in [0.15, 0.2) is 30.3 Å². The Morgan fingerprint density at radius 2 is 1.85 bits per heavy atom. The van der Waals surface area contributed by atoms with E-state index in [1.807, 2.05) is 37.4 Å². The second-order valence-electron chi connectivity index (χ2n) is 3.74. The maximum atomic E-state index is 5.60. The largest absolute Gasteiger partial charge is 0.492 e. The number of ether oxygens (including phenoxy) is 1. The van der Waals surface area contributed by atoms with Gasteiger partial charge in [-0.3, -0.25) is 0 Å². The number of likely N-dealkylation sites (N-methyl/N-ethyl adjacent to an activating group) is 1. The predicted octanol–water partition coefficient (Wildman–Crippen LogP) is 2.06. The number of nitrogens with one attached hydrogen (secondary N) is 1. The van der Waals surface area contributed by atoms with Gasteiger partial charge in [0.05, 0.1) is 0 Å². The topological polar surface area (TPSA) is 21.3 Å². The minimum atomic E-state index is 0.0237. The zero-order valence-corrected chi connectivity index (χ0v) is 8.50. The van der Waals surface area contributed by atoms with Crippen LogP contribution >= 0.6 is 0 Å². The third-order valence-corrected chi connectivity index (χ3v) is 2.02. The second-order valence-corrected chi connectivity index (χ2v) is 3.74. The van der Waals surface area contributed by atoms with Crippen molar-refractivity contribution in [2.75, 3.05) is 13.7 Å². The van der Waals surface area contributed by atoms with Gasteiger partial charge in [0.15, 0.2) is 0 Å². The lowest BCUT2D eigenvalue weighted by atomic mass is 10.1. The lowest BCUT2D eigenvalue weighted by molar-refractivity contribution is 0.217. The van der Waals surface area contributed by atoms with Gasteiger partial charge in [0.1, 0.15) is 12.4 Å². The van der Waals surface area contributed by atoms with E-state index in [4.69, 9.17) is 4.74 Å². The lowest BCUT2D eigenvalue weighted by Gasteiger charge is -2.23. The Hall–Kier alpha value is -1.02. The summed E-state index contributed by atoms with van der Waals surface area (Å²) in [5.74, 6) is 0.922. The van der Waals surface area contributed by atoms with Crippen molar-refractivity contribution in [3.8, 4) is 5.75 Å². The Morgan fingerprint density at radius 1 is 1.23 bits per heavy atom. The fourth-order valence-corrected chi connectivity index (χ4v) is 0.853. The predicted molar refractivity (Wildman–Crippen MR) is 55.1 cm³/mol. The third kappa shape index (κ3) is 3.47. The number of benzene rings is 1. The molecule has 0 aliphatic carbocycles. The third-order valence-electron chi connectivity index (χ3n) is 2.02. The molecular formula is C11H17NO. The van der Waals surface area contributed by atoms with Gasteiger partial charge in [0.2, 0.25) is 0 Å². The molecule has 0 aromatic heterocycles. The fourth-order valence-electron chi connectivity index (χ4n) is 0.853. The van der Waals surface area contributed by atoms with Crippen LogP contribution in [0.5, 0.6) is 5.75 Å². The maximum Gasteiger partial charge on any atom is 0.119 e. The van der Waals surface area contributed by atoms with Crippen LogP contribution < -0.4 is 10.1 Å². The molecule has 0 aliphatic heterocycles. The molecule has 0 radical (unpaired) electrons. The summed E-state index contributed by atoms with van der Waals surface area (Å²) in [6.07, 6.45) is 0. The molecule has 1 aromatic carbocycles. The smallest absolute Gasteiger partial charge is 0.119 e. The SMILES string of the molecule is CNC(C)(C)COc1ccccc1. The van der Waals surface area contributed by atoms with Crippen LogP contribution in [0.2, 0.25) is 0 Å². The monoisotopic (exact) mass is 179 g/mol. The highest BCUT2D eigenvalue weighted by Gasteiger charge is 2.14. The van der Waals surface area contributed by atoms with Crippen LogP contribution in [0.25, 0.3) is 0 Å². The minimum Gasteiger partial charge on any atom is -0.492 e. The van der Waals surface area contributed by atoms with Gasteiger partial charge in [-0.15, -0.1) is 0 Å². The first kappa shape index (κ1) is 10.1. The van der Waals surface area contributed by atoms with E-state index >= 15 is 0 Å². The lowest BCUT2D eigenvalue weighted by Crippen LogP contribution is -2.42. The molecule has 2 nitrogen and oxygen atoms in total. The molecule has 0 aliphatic rings. The summed E-state index contributed by atoms with van der Waals surface area (Å²) in [6, 6.07) is 9.86. The van der Waals surface area contributed by atoms with Gasteiger partial charge in [0.25, 0.3) is 0 Å². The highest BCUT2D eigenvalue weighted by atomic mass is 16.5. The van der Waals surface area contributed by atoms with Crippen molar-refractivity contribution in [1.29, 1.82) is 0 Å². The molecule has 0 bridgehead atoms. The number of para-hydroxylation sites is 1. The highest BCUT2D eigenvalue weighted by molar-refractivity contribution is 5.21. The molecule has 2 heteroatoms. The van der Waals surface area contributed by atoms with Gasteiger partial charge >= 0.3 is 0 Å². The first-order chi connectivity index (χ1) is 6.14. The van der Waals surface area contributed by atoms with E-state index in [2.05, 4.69) is 19.2 Å². The summed E-state index contributed by atoms with van der Waals surface area (Å²) >= 11 is 0. The number of hydrogen-bond donors (Lipinski definition) is 1. The molecule has 0 atom stereocenters. The summed E-state index contributed by atoms with van der Waals surface area (Å²) < 4.78 is 5.60. The van der Waals surface area contributed by atoms with Crippen molar-refractivity contribution in [2.45, 2.75) is 19.4 Å². The van der Waals surface area contributed by atoms with Gasteiger partial charge < -0.3 is 10.1 Å². The summed E-state index contributed by atoms with van der Waals surface area (Å²) in [5.41, 5.74) is 0.0237. The quantitative estimate of drug-likeness (QED) is 0.764. The molecule has 0 saturated heterocycles. The minimum absolute atomic E-state index is 0.0237. The van der Waals surface area contributed by atoms with E-state index in [0.717, 1.165) is 5.75 Å². The van der Waals surface area contributed by atoms with Crippen molar-refractivity contribution < 1.29 is 4.74 Å². The Bertz CT molecular complexity index is 244. The molecule has 1 aromatic rings. The Labute approximate surface area is 79.9 Å². The van der Waals surface area contributed by atoms with Gasteiger partial charge in [-0.25, -0.2) is 0 Å². The van der Waals surface area contributed by atoms with Crippen LogP contribution in [0.4, 0.5) is 0 Å². The van der Waals surface area contributed by atoms with Crippen molar-refractivity contribution in [2.24, 2.45) is 0 Å². The molecule has 0 fully saturated rings. The zero-order chi connectivity index (χ0) is 9.73. The molecular weight excluding hydrogens is 162 g/mol. The van der Waals surface area contributed by atoms with E-state index < -0.39 is 0 Å². The molecule has 72 valence electrons. The van der Waals surface area contributed by atoms with Crippen LogP contribution in [0.1, 0.15) is 13.8 Å². The van der Waals surface area contributed by atoms with E-state index in [9.17, 15) is 0 Å². The summed E-state index contributed by atoms with van der Waals surface area (Å²) in [5, 5.41) is 3.19. The van der Waals surface area contributed by atoms with Gasteiger partial charge in [-0.05, 0) is 33.0 Å². The average molecular weight is 179 g/mol. The molecule has 0 spiro atoms. The van der Waals surface area contributed by atoms with Crippen molar-refractivity contribution in [1.82, 2.24) is 5.32 Å². The molecule has 0 unspecified atom stereocenters. The normalized spacial score (nSPS) is 11.3. The summed E-state index contributed by atoms with van der Waals surface area (Å²) in [4.78, 5) is 0. The summed E-state index contributed by atoms with van der Waals surface area (Å²) in [7, 11) is 1.94. The van der Waals surface area contributed by atoms with Crippen molar-refractivity contribution >= 4 is 0 Å². The molecule has 0 amide bonds. The number of rotatable bonds is 4.